The summed E-state index contributed by atoms with van der Waals surface area (Å²) in [4.78, 5) is 5.14. The number of nitrogens with zero attached hydrogens (tertiary/aromatic N) is 3. The van der Waals surface area contributed by atoms with E-state index in [-0.39, 0.29) is 11.9 Å². The molecule has 3 rings (SSSR count). The van der Waals surface area contributed by atoms with Gasteiger partial charge < -0.3 is 0 Å². The second-order valence-corrected chi connectivity index (χ2v) is 7.28. The molecular weight excluding hydrogens is 373 g/mol. The molecular formula is C26H30FN3. The van der Waals surface area contributed by atoms with Crippen molar-refractivity contribution in [1.29, 1.82) is 0 Å². The number of rotatable bonds is 7. The van der Waals surface area contributed by atoms with E-state index in [1.54, 1.807) is 12.1 Å². The summed E-state index contributed by atoms with van der Waals surface area (Å²) in [7, 11) is 0. The first-order valence-corrected chi connectivity index (χ1v) is 10.7. The van der Waals surface area contributed by atoms with Crippen molar-refractivity contribution in [3.63, 3.8) is 0 Å². The van der Waals surface area contributed by atoms with Crippen LogP contribution >= 0.6 is 0 Å². The van der Waals surface area contributed by atoms with E-state index >= 15 is 0 Å². The van der Waals surface area contributed by atoms with Crippen LogP contribution in [-0.2, 0) is 0 Å². The Morgan fingerprint density at radius 1 is 1.27 bits per heavy atom. The van der Waals surface area contributed by atoms with Gasteiger partial charge in [-0.05, 0) is 68.5 Å². The molecule has 0 N–H and O–H groups in total. The van der Waals surface area contributed by atoms with Crippen molar-refractivity contribution in [1.82, 2.24) is 9.78 Å². The Balaban J connectivity index is 2.10. The molecule has 0 spiro atoms. The van der Waals surface area contributed by atoms with Crippen molar-refractivity contribution in [2.45, 2.75) is 52.5 Å². The summed E-state index contributed by atoms with van der Waals surface area (Å²) in [6, 6.07) is 6.53. The van der Waals surface area contributed by atoms with Crippen molar-refractivity contribution in [3.05, 3.63) is 84.0 Å². The van der Waals surface area contributed by atoms with E-state index in [4.69, 9.17) is 4.99 Å². The molecule has 1 atom stereocenters. The van der Waals surface area contributed by atoms with E-state index in [0.29, 0.717) is 0 Å². The standard InChI is InChI=1S/C26H30FN3/c1-5-19(6-2)24(7-3)29-25(8-4)22-12-10-9-11-13-26-23(22)18-28-30(26)21-16-14-20(27)15-17-21/h5-6,11-18,24H,1,7-10H2,2-4H3/b13-11?,19-6?,22-12+,29-25?. The van der Waals surface area contributed by atoms with Crippen molar-refractivity contribution < 1.29 is 4.39 Å². The van der Waals surface area contributed by atoms with Crippen LogP contribution in [0.15, 0.2) is 71.9 Å². The van der Waals surface area contributed by atoms with E-state index in [2.05, 4.69) is 49.8 Å². The van der Waals surface area contributed by atoms with E-state index in [9.17, 15) is 4.39 Å². The summed E-state index contributed by atoms with van der Waals surface area (Å²) in [5.41, 5.74) is 6.27. The Hall–Kier alpha value is -3.01. The van der Waals surface area contributed by atoms with Gasteiger partial charge in [-0.1, -0.05) is 44.7 Å². The number of benzene rings is 1. The zero-order chi connectivity index (χ0) is 21.5. The van der Waals surface area contributed by atoms with Gasteiger partial charge in [-0.3, -0.25) is 4.99 Å². The molecule has 3 nitrogen and oxygen atoms in total. The topological polar surface area (TPSA) is 30.2 Å². The van der Waals surface area contributed by atoms with Crippen molar-refractivity contribution in [2.75, 3.05) is 0 Å². The van der Waals surface area contributed by atoms with Crippen LogP contribution < -0.4 is 0 Å². The van der Waals surface area contributed by atoms with E-state index in [1.807, 2.05) is 23.9 Å². The van der Waals surface area contributed by atoms with Gasteiger partial charge in [-0.2, -0.15) is 5.10 Å². The van der Waals surface area contributed by atoms with Crippen molar-refractivity contribution >= 4 is 17.4 Å². The molecule has 0 fully saturated rings. The molecule has 1 aliphatic carbocycles. The summed E-state index contributed by atoms with van der Waals surface area (Å²) >= 11 is 0. The zero-order valence-corrected chi connectivity index (χ0v) is 18.1. The number of aliphatic imine (C=N–C) groups is 1. The summed E-state index contributed by atoms with van der Waals surface area (Å²) in [6.45, 7) is 10.3. The first-order valence-electron chi connectivity index (χ1n) is 10.7. The van der Waals surface area contributed by atoms with Crippen LogP contribution in [0.2, 0.25) is 0 Å². The maximum atomic E-state index is 13.4. The summed E-state index contributed by atoms with van der Waals surface area (Å²) in [6.07, 6.45) is 16.1. The normalized spacial score (nSPS) is 17.5. The SMILES string of the molecule is C=CC(=CC)C(CC)N=C(CC)/C1=C/CCC=Cc2c1cnn2-c1ccc(F)cc1. The number of hydrogen-bond donors (Lipinski definition) is 0. The van der Waals surface area contributed by atoms with Crippen LogP contribution in [-0.4, -0.2) is 21.5 Å². The lowest BCUT2D eigenvalue weighted by molar-refractivity contribution is 0.627. The van der Waals surface area contributed by atoms with Crippen LogP contribution in [0.5, 0.6) is 0 Å². The van der Waals surface area contributed by atoms with E-state index in [1.165, 1.54) is 12.1 Å². The Kier molecular flexibility index (Phi) is 7.34. The molecule has 1 aromatic carbocycles. The van der Waals surface area contributed by atoms with Crippen LogP contribution in [0.4, 0.5) is 4.39 Å². The molecule has 0 amide bonds. The Morgan fingerprint density at radius 3 is 2.67 bits per heavy atom. The highest BCUT2D eigenvalue weighted by Gasteiger charge is 2.19. The molecule has 0 saturated heterocycles. The Labute approximate surface area is 179 Å². The first-order chi connectivity index (χ1) is 14.6. The van der Waals surface area contributed by atoms with Crippen LogP contribution in [0, 0.1) is 5.82 Å². The minimum atomic E-state index is -0.252. The second-order valence-electron chi connectivity index (χ2n) is 7.28. The molecule has 30 heavy (non-hydrogen) atoms. The summed E-state index contributed by atoms with van der Waals surface area (Å²) in [5, 5.41) is 4.63. The van der Waals surface area contributed by atoms with Crippen molar-refractivity contribution in [3.8, 4) is 5.69 Å². The average Bonchev–Trinajstić information content (AvgIpc) is 3.15. The Morgan fingerprint density at radius 2 is 2.03 bits per heavy atom. The molecule has 1 heterocycles. The smallest absolute Gasteiger partial charge is 0.123 e. The second kappa shape index (κ2) is 10.1. The fourth-order valence-corrected chi connectivity index (χ4v) is 3.80. The molecule has 2 aromatic rings. The average molecular weight is 404 g/mol. The number of allylic oxidation sites excluding steroid dienone is 4. The number of fused-ring (bicyclic) bond motifs is 1. The molecule has 4 heteroatoms. The highest BCUT2D eigenvalue weighted by atomic mass is 19.1. The molecule has 1 aromatic heterocycles. The number of halogens is 1. The third-order valence-electron chi connectivity index (χ3n) is 5.42. The molecule has 0 radical (unpaired) electrons. The van der Waals surface area contributed by atoms with Gasteiger partial charge in [0.15, 0.2) is 0 Å². The lowest BCUT2D eigenvalue weighted by Crippen LogP contribution is -2.12. The number of hydrogen-bond acceptors (Lipinski definition) is 2. The predicted octanol–water partition coefficient (Wildman–Crippen LogP) is 6.96. The van der Waals surface area contributed by atoms with Gasteiger partial charge in [0.2, 0.25) is 0 Å². The zero-order valence-electron chi connectivity index (χ0n) is 18.1. The summed E-state index contributed by atoms with van der Waals surface area (Å²) < 4.78 is 15.3. The lowest BCUT2D eigenvalue weighted by atomic mass is 9.95. The molecule has 0 bridgehead atoms. The lowest BCUT2D eigenvalue weighted by Gasteiger charge is -2.17. The van der Waals surface area contributed by atoms with Gasteiger partial charge in [-0.25, -0.2) is 9.07 Å². The fourth-order valence-electron chi connectivity index (χ4n) is 3.80. The van der Waals surface area contributed by atoms with Gasteiger partial charge in [0.05, 0.1) is 23.6 Å². The highest BCUT2D eigenvalue weighted by Crippen LogP contribution is 2.29. The highest BCUT2D eigenvalue weighted by molar-refractivity contribution is 6.24. The predicted molar refractivity (Wildman–Crippen MR) is 126 cm³/mol. The molecule has 0 aliphatic heterocycles. The van der Waals surface area contributed by atoms with E-state index < -0.39 is 0 Å². The van der Waals surface area contributed by atoms with E-state index in [0.717, 1.165) is 59.5 Å². The van der Waals surface area contributed by atoms with Gasteiger partial charge in [0.25, 0.3) is 0 Å². The minimum absolute atomic E-state index is 0.0972. The quantitative estimate of drug-likeness (QED) is 0.363. The third-order valence-corrected chi connectivity index (χ3v) is 5.42. The molecule has 1 aliphatic rings. The first kappa shape index (κ1) is 21.7. The van der Waals surface area contributed by atoms with Crippen LogP contribution in [0.3, 0.4) is 0 Å². The third kappa shape index (κ3) is 4.59. The monoisotopic (exact) mass is 403 g/mol. The minimum Gasteiger partial charge on any atom is -0.281 e. The van der Waals surface area contributed by atoms with Crippen LogP contribution in [0.1, 0.15) is 57.7 Å². The molecule has 1 unspecified atom stereocenters. The summed E-state index contributed by atoms with van der Waals surface area (Å²) in [5.74, 6) is -0.252. The van der Waals surface area contributed by atoms with Gasteiger partial charge in [0.1, 0.15) is 5.82 Å². The van der Waals surface area contributed by atoms with Gasteiger partial charge >= 0.3 is 0 Å². The van der Waals surface area contributed by atoms with Gasteiger partial charge in [0, 0.05) is 16.8 Å². The number of aromatic nitrogens is 2. The Bertz CT molecular complexity index is 1000. The fraction of sp³-hybridized carbons (Fsp3) is 0.308. The van der Waals surface area contributed by atoms with Crippen LogP contribution in [0.25, 0.3) is 17.3 Å². The maximum Gasteiger partial charge on any atom is 0.123 e. The molecule has 0 saturated carbocycles. The molecule has 156 valence electrons. The van der Waals surface area contributed by atoms with Gasteiger partial charge in [-0.15, -0.1) is 0 Å². The maximum absolute atomic E-state index is 13.4. The van der Waals surface area contributed by atoms with Crippen molar-refractivity contribution in [2.24, 2.45) is 4.99 Å². The largest absolute Gasteiger partial charge is 0.281 e.